The van der Waals surface area contributed by atoms with Gasteiger partial charge in [0.05, 0.1) is 0 Å². The van der Waals surface area contributed by atoms with E-state index < -0.39 is 0 Å². The third-order valence-electron chi connectivity index (χ3n) is 4.63. The van der Waals surface area contributed by atoms with Crippen LogP contribution in [-0.4, -0.2) is 36.6 Å². The molecule has 1 aliphatic carbocycles. The van der Waals surface area contributed by atoms with Crippen LogP contribution in [-0.2, 0) is 0 Å². The lowest BCUT2D eigenvalue weighted by atomic mass is 9.76. The fourth-order valence-corrected chi connectivity index (χ4v) is 3.47. The number of hydrogen-bond acceptors (Lipinski definition) is 2. The Bertz CT molecular complexity index is 213. The van der Waals surface area contributed by atoms with E-state index in [1.165, 1.54) is 25.8 Å². The van der Waals surface area contributed by atoms with Gasteiger partial charge >= 0.3 is 0 Å². The summed E-state index contributed by atoms with van der Waals surface area (Å²) in [5.41, 5.74) is 0. The Labute approximate surface area is 108 Å². The van der Waals surface area contributed by atoms with Crippen molar-refractivity contribution in [3.8, 4) is 0 Å². The molecule has 1 rings (SSSR count). The van der Waals surface area contributed by atoms with Crippen molar-refractivity contribution in [2.45, 2.75) is 72.0 Å². The molecule has 0 heterocycles. The number of nitrogens with one attached hydrogen (secondary N) is 1. The van der Waals surface area contributed by atoms with Crippen molar-refractivity contribution in [1.82, 2.24) is 10.2 Å². The molecule has 3 unspecified atom stereocenters. The summed E-state index contributed by atoms with van der Waals surface area (Å²) in [7, 11) is 2.13. The highest BCUT2D eigenvalue weighted by molar-refractivity contribution is 4.92. The first-order valence-electron chi connectivity index (χ1n) is 7.44. The zero-order chi connectivity index (χ0) is 13.0. The van der Waals surface area contributed by atoms with Gasteiger partial charge < -0.3 is 5.32 Å². The first-order valence-corrected chi connectivity index (χ1v) is 7.44. The summed E-state index contributed by atoms with van der Waals surface area (Å²) in [5.74, 6) is 1.75. The summed E-state index contributed by atoms with van der Waals surface area (Å²) in [6.45, 7) is 12.9. The highest BCUT2D eigenvalue weighted by Gasteiger charge is 2.34. The van der Waals surface area contributed by atoms with Crippen LogP contribution in [0.4, 0.5) is 0 Å². The van der Waals surface area contributed by atoms with E-state index in [4.69, 9.17) is 0 Å². The maximum absolute atomic E-state index is 3.54. The molecule has 3 atom stereocenters. The Morgan fingerprint density at radius 2 is 1.82 bits per heavy atom. The van der Waals surface area contributed by atoms with Crippen molar-refractivity contribution in [2.24, 2.45) is 11.8 Å². The van der Waals surface area contributed by atoms with Crippen LogP contribution in [0.25, 0.3) is 0 Å². The molecule has 0 aliphatic heterocycles. The lowest BCUT2D eigenvalue weighted by Crippen LogP contribution is -2.54. The van der Waals surface area contributed by atoms with Crippen molar-refractivity contribution < 1.29 is 0 Å². The van der Waals surface area contributed by atoms with Crippen LogP contribution in [0.15, 0.2) is 0 Å². The van der Waals surface area contributed by atoms with Gasteiger partial charge in [-0.05, 0) is 58.5 Å². The topological polar surface area (TPSA) is 15.3 Å². The van der Waals surface area contributed by atoms with Gasteiger partial charge in [0.15, 0.2) is 0 Å². The number of likely N-dealkylation sites (N-methyl/N-ethyl adjacent to an activating group) is 2. The van der Waals surface area contributed by atoms with Crippen LogP contribution >= 0.6 is 0 Å². The maximum atomic E-state index is 3.54. The molecule has 1 aliphatic rings. The number of nitrogens with zero attached hydrogens (tertiary/aromatic N) is 1. The van der Waals surface area contributed by atoms with Gasteiger partial charge in [-0.15, -0.1) is 0 Å². The Hall–Kier alpha value is -0.0800. The van der Waals surface area contributed by atoms with E-state index in [2.05, 4.69) is 51.9 Å². The summed E-state index contributed by atoms with van der Waals surface area (Å²) >= 11 is 0. The molecular formula is C15H32N2. The predicted octanol–water partition coefficient (Wildman–Crippen LogP) is 3.13. The molecule has 0 aromatic rings. The van der Waals surface area contributed by atoms with E-state index in [1.807, 2.05) is 0 Å². The van der Waals surface area contributed by atoms with Crippen molar-refractivity contribution in [3.05, 3.63) is 0 Å². The van der Waals surface area contributed by atoms with Crippen LogP contribution < -0.4 is 5.32 Å². The Morgan fingerprint density at radius 3 is 2.24 bits per heavy atom. The molecule has 1 fully saturated rings. The minimum atomic E-state index is 0.659. The SMILES string of the molecule is CCN(C(C)C)C1CC(C(C)C)CCC1NC. The molecule has 1 saturated carbocycles. The standard InChI is InChI=1S/C15H32N2/c1-7-17(12(4)5)15-10-13(11(2)3)8-9-14(15)16-6/h11-16H,7-10H2,1-6H3. The van der Waals surface area contributed by atoms with E-state index >= 15 is 0 Å². The Balaban J connectivity index is 2.74. The largest absolute Gasteiger partial charge is 0.315 e. The van der Waals surface area contributed by atoms with E-state index in [0.29, 0.717) is 12.1 Å². The average molecular weight is 240 g/mol. The van der Waals surface area contributed by atoms with E-state index in [9.17, 15) is 0 Å². The highest BCUT2D eigenvalue weighted by atomic mass is 15.2. The van der Waals surface area contributed by atoms with Crippen molar-refractivity contribution in [1.29, 1.82) is 0 Å². The van der Waals surface area contributed by atoms with Crippen molar-refractivity contribution >= 4 is 0 Å². The van der Waals surface area contributed by atoms with E-state index in [-0.39, 0.29) is 0 Å². The molecule has 0 radical (unpaired) electrons. The molecule has 17 heavy (non-hydrogen) atoms. The molecule has 0 aromatic heterocycles. The van der Waals surface area contributed by atoms with Crippen molar-refractivity contribution in [3.63, 3.8) is 0 Å². The smallest absolute Gasteiger partial charge is 0.0254 e. The highest BCUT2D eigenvalue weighted by Crippen LogP contribution is 2.33. The summed E-state index contributed by atoms with van der Waals surface area (Å²) in [5, 5.41) is 3.54. The lowest BCUT2D eigenvalue weighted by Gasteiger charge is -2.45. The fraction of sp³-hybridized carbons (Fsp3) is 1.00. The third-order valence-corrected chi connectivity index (χ3v) is 4.63. The van der Waals surface area contributed by atoms with Gasteiger partial charge in [0.25, 0.3) is 0 Å². The number of rotatable bonds is 5. The number of hydrogen-bond donors (Lipinski definition) is 1. The quantitative estimate of drug-likeness (QED) is 0.794. The van der Waals surface area contributed by atoms with Gasteiger partial charge in [-0.1, -0.05) is 20.8 Å². The molecule has 0 spiro atoms. The summed E-state index contributed by atoms with van der Waals surface area (Å²) < 4.78 is 0. The van der Waals surface area contributed by atoms with Gasteiger partial charge in [-0.3, -0.25) is 4.90 Å². The molecule has 0 amide bonds. The van der Waals surface area contributed by atoms with E-state index in [1.54, 1.807) is 0 Å². The summed E-state index contributed by atoms with van der Waals surface area (Å²) in [6, 6.07) is 2.07. The van der Waals surface area contributed by atoms with Gasteiger partial charge in [-0.25, -0.2) is 0 Å². The van der Waals surface area contributed by atoms with Gasteiger partial charge in [-0.2, -0.15) is 0 Å². The second-order valence-electron chi connectivity index (χ2n) is 6.20. The normalized spacial score (nSPS) is 30.5. The van der Waals surface area contributed by atoms with Crippen LogP contribution in [0.2, 0.25) is 0 Å². The average Bonchev–Trinajstić information content (AvgIpc) is 2.29. The van der Waals surface area contributed by atoms with E-state index in [0.717, 1.165) is 17.9 Å². The zero-order valence-electron chi connectivity index (χ0n) is 12.7. The molecular weight excluding hydrogens is 208 g/mol. The first-order chi connectivity index (χ1) is 8.01. The van der Waals surface area contributed by atoms with Crippen LogP contribution in [0, 0.1) is 11.8 Å². The molecule has 2 nitrogen and oxygen atoms in total. The second-order valence-corrected chi connectivity index (χ2v) is 6.20. The molecule has 0 saturated heterocycles. The monoisotopic (exact) mass is 240 g/mol. The molecule has 1 N–H and O–H groups in total. The maximum Gasteiger partial charge on any atom is 0.0254 e. The van der Waals surface area contributed by atoms with Gasteiger partial charge in [0.1, 0.15) is 0 Å². The van der Waals surface area contributed by atoms with Crippen LogP contribution in [0.1, 0.15) is 53.9 Å². The van der Waals surface area contributed by atoms with Gasteiger partial charge in [0.2, 0.25) is 0 Å². The van der Waals surface area contributed by atoms with Crippen LogP contribution in [0.5, 0.6) is 0 Å². The Kier molecular flexibility index (Phi) is 5.94. The second kappa shape index (κ2) is 6.75. The molecule has 102 valence electrons. The van der Waals surface area contributed by atoms with Gasteiger partial charge in [0, 0.05) is 18.1 Å². The lowest BCUT2D eigenvalue weighted by molar-refractivity contribution is 0.0673. The van der Waals surface area contributed by atoms with Crippen molar-refractivity contribution in [2.75, 3.05) is 13.6 Å². The Morgan fingerprint density at radius 1 is 1.18 bits per heavy atom. The van der Waals surface area contributed by atoms with Crippen LogP contribution in [0.3, 0.4) is 0 Å². The summed E-state index contributed by atoms with van der Waals surface area (Å²) in [4.78, 5) is 2.68. The fourth-order valence-electron chi connectivity index (χ4n) is 3.47. The minimum Gasteiger partial charge on any atom is -0.315 e. The predicted molar refractivity (Wildman–Crippen MR) is 76.3 cm³/mol. The third kappa shape index (κ3) is 3.69. The minimum absolute atomic E-state index is 0.659. The molecule has 0 aromatic carbocycles. The molecule has 0 bridgehead atoms. The first kappa shape index (κ1) is 15.0. The molecule has 2 heteroatoms. The zero-order valence-corrected chi connectivity index (χ0v) is 12.7. The summed E-state index contributed by atoms with van der Waals surface area (Å²) in [6.07, 6.45) is 4.11.